The fraction of sp³-hybridized carbons (Fsp3) is 0.600. The molecule has 0 heterocycles. The van der Waals surface area contributed by atoms with Crippen molar-refractivity contribution in [2.24, 2.45) is 0 Å². The van der Waals surface area contributed by atoms with Gasteiger partial charge in [-0.05, 0) is 79.6 Å². The highest BCUT2D eigenvalue weighted by Gasteiger charge is 2.17. The van der Waals surface area contributed by atoms with Gasteiger partial charge in [-0.1, -0.05) is 99.8 Å². The Bertz CT molecular complexity index is 1210. The second kappa shape index (κ2) is 25.4. The quantitative estimate of drug-likeness (QED) is 0.0826. The molecule has 0 fully saturated rings. The van der Waals surface area contributed by atoms with Crippen LogP contribution in [-0.2, 0) is 18.9 Å². The van der Waals surface area contributed by atoms with Gasteiger partial charge in [0.15, 0.2) is 0 Å². The lowest BCUT2D eigenvalue weighted by atomic mass is 9.97. The first-order valence-corrected chi connectivity index (χ1v) is 17.4. The Kier molecular flexibility index (Phi) is 23.4. The number of rotatable bonds is 19. The van der Waals surface area contributed by atoms with E-state index in [-0.39, 0.29) is 25.2 Å². The van der Waals surface area contributed by atoms with E-state index in [0.29, 0.717) is 42.1 Å². The van der Waals surface area contributed by atoms with Crippen molar-refractivity contribution in [3.8, 4) is 0 Å². The minimum absolute atomic E-state index is 0. The van der Waals surface area contributed by atoms with Gasteiger partial charge in [0.1, 0.15) is 0 Å². The molecule has 8 nitrogen and oxygen atoms in total. The highest BCUT2D eigenvalue weighted by atomic mass is 16.5. The summed E-state index contributed by atoms with van der Waals surface area (Å²) in [6.07, 6.45) is 12.4. The number of hydrogen-bond donors (Lipinski definition) is 0. The summed E-state index contributed by atoms with van der Waals surface area (Å²) in [6, 6.07) is 10.2. The molecule has 0 aliphatic carbocycles. The second-order valence-corrected chi connectivity index (χ2v) is 12.2. The molecule has 0 saturated heterocycles. The zero-order valence-electron chi connectivity index (χ0n) is 30.1. The first-order chi connectivity index (χ1) is 22.5. The van der Waals surface area contributed by atoms with E-state index in [9.17, 15) is 19.2 Å². The fourth-order valence-corrected chi connectivity index (χ4v) is 4.83. The number of ether oxygens (including phenoxy) is 4. The predicted molar refractivity (Wildman–Crippen MR) is 193 cm³/mol. The predicted octanol–water partition coefficient (Wildman–Crippen LogP) is 10.5. The fourth-order valence-electron chi connectivity index (χ4n) is 4.83. The molecule has 8 heteroatoms. The Labute approximate surface area is 290 Å². The standard InChI is InChI=1S/C24H38O4.C15H20O4.CH4/c1-5-6-7-8-9-10-11-12-13-14-15-28-24(26)22-17-20(19(2)3)16-21(18-22)23(25)27-4;1-5-18-14(16)12-7-11(10(3)4)8-13(9-12)15(17)19-6-2;/h16-19H,5-15H2,1-4H3;7-10H,5-6H2,1-4H3;1H4. The first-order valence-electron chi connectivity index (χ1n) is 17.4. The molecular formula is C40H62O8. The Morgan fingerprint density at radius 3 is 1.17 bits per heavy atom. The maximum Gasteiger partial charge on any atom is 0.338 e. The minimum Gasteiger partial charge on any atom is -0.465 e. The summed E-state index contributed by atoms with van der Waals surface area (Å²) in [5.41, 5.74) is 3.41. The summed E-state index contributed by atoms with van der Waals surface area (Å²) in [5.74, 6) is -1.23. The topological polar surface area (TPSA) is 105 Å². The van der Waals surface area contributed by atoms with Gasteiger partial charge in [-0.2, -0.15) is 0 Å². The first kappa shape index (κ1) is 44.3. The Morgan fingerprint density at radius 2 is 0.833 bits per heavy atom. The van der Waals surface area contributed by atoms with Gasteiger partial charge in [-0.3, -0.25) is 0 Å². The van der Waals surface area contributed by atoms with Crippen LogP contribution < -0.4 is 0 Å². The highest BCUT2D eigenvalue weighted by Crippen LogP contribution is 2.21. The lowest BCUT2D eigenvalue weighted by Gasteiger charge is -2.11. The average Bonchev–Trinajstić information content (AvgIpc) is 3.06. The van der Waals surface area contributed by atoms with Gasteiger partial charge < -0.3 is 18.9 Å². The molecule has 0 spiro atoms. The summed E-state index contributed by atoms with van der Waals surface area (Å²) >= 11 is 0. The van der Waals surface area contributed by atoms with Crippen molar-refractivity contribution in [2.75, 3.05) is 26.9 Å². The number of carbonyl (C=O) groups is 4. The zero-order chi connectivity index (χ0) is 35.2. The summed E-state index contributed by atoms with van der Waals surface area (Å²) in [6.45, 7) is 14.8. The smallest absolute Gasteiger partial charge is 0.338 e. The van der Waals surface area contributed by atoms with Crippen molar-refractivity contribution in [2.45, 2.75) is 132 Å². The van der Waals surface area contributed by atoms with E-state index in [4.69, 9.17) is 18.9 Å². The molecule has 48 heavy (non-hydrogen) atoms. The van der Waals surface area contributed by atoms with Crippen LogP contribution in [0.2, 0.25) is 0 Å². The highest BCUT2D eigenvalue weighted by molar-refractivity contribution is 5.96. The molecule has 2 rings (SSSR count). The van der Waals surface area contributed by atoms with Crippen LogP contribution in [0.1, 0.15) is 184 Å². The van der Waals surface area contributed by atoms with Gasteiger partial charge >= 0.3 is 23.9 Å². The van der Waals surface area contributed by atoms with Crippen molar-refractivity contribution in [3.05, 3.63) is 69.8 Å². The van der Waals surface area contributed by atoms with E-state index >= 15 is 0 Å². The van der Waals surface area contributed by atoms with Gasteiger partial charge in [0.2, 0.25) is 0 Å². The largest absolute Gasteiger partial charge is 0.465 e. The number of benzene rings is 2. The lowest BCUT2D eigenvalue weighted by Crippen LogP contribution is -2.10. The van der Waals surface area contributed by atoms with Crippen LogP contribution in [-0.4, -0.2) is 50.8 Å². The number of unbranched alkanes of at least 4 members (excludes halogenated alkanes) is 9. The molecule has 0 aliphatic heterocycles. The van der Waals surface area contributed by atoms with Crippen LogP contribution in [0, 0.1) is 0 Å². The molecule has 0 bridgehead atoms. The van der Waals surface area contributed by atoms with Crippen LogP contribution in [0.15, 0.2) is 36.4 Å². The van der Waals surface area contributed by atoms with E-state index in [1.165, 1.54) is 64.5 Å². The zero-order valence-corrected chi connectivity index (χ0v) is 30.1. The Balaban J connectivity index is 0.000000966. The van der Waals surface area contributed by atoms with Crippen LogP contribution in [0.3, 0.4) is 0 Å². The molecule has 2 aromatic carbocycles. The van der Waals surface area contributed by atoms with E-state index in [2.05, 4.69) is 6.92 Å². The van der Waals surface area contributed by atoms with E-state index in [1.807, 2.05) is 27.7 Å². The molecule has 0 amide bonds. The number of esters is 4. The third kappa shape index (κ3) is 16.9. The number of hydrogen-bond acceptors (Lipinski definition) is 8. The van der Waals surface area contributed by atoms with Gasteiger partial charge in [-0.25, -0.2) is 19.2 Å². The van der Waals surface area contributed by atoms with E-state index in [1.54, 1.807) is 44.2 Å². The lowest BCUT2D eigenvalue weighted by molar-refractivity contribution is 0.0491. The van der Waals surface area contributed by atoms with Crippen molar-refractivity contribution in [3.63, 3.8) is 0 Å². The average molecular weight is 671 g/mol. The van der Waals surface area contributed by atoms with Crippen molar-refractivity contribution >= 4 is 23.9 Å². The second-order valence-electron chi connectivity index (χ2n) is 12.2. The van der Waals surface area contributed by atoms with Gasteiger partial charge in [0, 0.05) is 0 Å². The van der Waals surface area contributed by atoms with Crippen molar-refractivity contribution in [1.29, 1.82) is 0 Å². The maximum atomic E-state index is 12.4. The monoisotopic (exact) mass is 670 g/mol. The molecule has 0 radical (unpaired) electrons. The summed E-state index contributed by atoms with van der Waals surface area (Å²) in [4.78, 5) is 47.8. The Morgan fingerprint density at radius 1 is 0.500 bits per heavy atom. The molecule has 0 aliphatic rings. The normalized spacial score (nSPS) is 10.5. The third-order valence-electron chi connectivity index (χ3n) is 7.65. The van der Waals surface area contributed by atoms with E-state index in [0.717, 1.165) is 24.0 Å². The Hall–Kier alpha value is -3.68. The molecule has 0 unspecified atom stereocenters. The van der Waals surface area contributed by atoms with Crippen LogP contribution in [0.5, 0.6) is 0 Å². The van der Waals surface area contributed by atoms with Crippen LogP contribution >= 0.6 is 0 Å². The van der Waals surface area contributed by atoms with Crippen molar-refractivity contribution < 1.29 is 38.1 Å². The molecule has 0 N–H and O–H groups in total. The molecule has 0 atom stereocenters. The molecule has 0 saturated carbocycles. The minimum atomic E-state index is -0.439. The number of carbonyl (C=O) groups excluding carboxylic acids is 4. The summed E-state index contributed by atoms with van der Waals surface area (Å²) < 4.78 is 20.1. The molecule has 2 aromatic rings. The number of methoxy groups -OCH3 is 1. The molecule has 0 aromatic heterocycles. The van der Waals surface area contributed by atoms with Gasteiger partial charge in [0.25, 0.3) is 0 Å². The van der Waals surface area contributed by atoms with Crippen LogP contribution in [0.4, 0.5) is 0 Å². The molecular weight excluding hydrogens is 608 g/mol. The van der Waals surface area contributed by atoms with Crippen LogP contribution in [0.25, 0.3) is 0 Å². The summed E-state index contributed by atoms with van der Waals surface area (Å²) in [5, 5.41) is 0. The maximum absolute atomic E-state index is 12.4. The molecule has 270 valence electrons. The van der Waals surface area contributed by atoms with Gasteiger partial charge in [0.05, 0.1) is 49.2 Å². The van der Waals surface area contributed by atoms with Gasteiger partial charge in [-0.15, -0.1) is 0 Å². The third-order valence-corrected chi connectivity index (χ3v) is 7.65. The summed E-state index contributed by atoms with van der Waals surface area (Å²) in [7, 11) is 1.34. The van der Waals surface area contributed by atoms with Crippen molar-refractivity contribution in [1.82, 2.24) is 0 Å². The SMILES string of the molecule is C.CCCCCCCCCCCCOC(=O)c1cc(C(=O)OC)cc(C(C)C)c1.CCOC(=O)c1cc(C(=O)OCC)cc(C(C)C)c1. The van der Waals surface area contributed by atoms with E-state index < -0.39 is 17.9 Å².